The van der Waals surface area contributed by atoms with Crippen LogP contribution in [0.1, 0.15) is 22.8 Å². The molecule has 0 radical (unpaired) electrons. The van der Waals surface area contributed by atoms with Gasteiger partial charge in [-0.1, -0.05) is 18.2 Å². The lowest BCUT2D eigenvalue weighted by atomic mass is 9.99. The number of rotatable bonds is 4. The SMILES string of the molecule is CCn1cc(C(=O)O)c(=O)c2cc(F)c(-c3cccc(CN)c3)c(F)c21.Cl. The Balaban J connectivity index is 0.00000261. The molecule has 0 saturated heterocycles. The number of carboxylic acids is 1. The van der Waals surface area contributed by atoms with Crippen LogP contribution in [0.5, 0.6) is 0 Å². The second-order valence-electron chi connectivity index (χ2n) is 5.81. The van der Waals surface area contributed by atoms with E-state index in [2.05, 4.69) is 0 Å². The van der Waals surface area contributed by atoms with Gasteiger partial charge in [-0.25, -0.2) is 13.6 Å². The second-order valence-corrected chi connectivity index (χ2v) is 5.81. The highest BCUT2D eigenvalue weighted by atomic mass is 35.5. The van der Waals surface area contributed by atoms with Crippen molar-refractivity contribution in [2.24, 2.45) is 5.73 Å². The quantitative estimate of drug-likeness (QED) is 0.708. The van der Waals surface area contributed by atoms with Gasteiger partial charge in [-0.2, -0.15) is 0 Å². The zero-order chi connectivity index (χ0) is 19.0. The minimum atomic E-state index is -1.44. The standard InChI is InChI=1S/C19H16F2N2O3.ClH/c1-2-23-9-13(19(25)26)18(24)12-7-14(20)15(16(21)17(12)23)11-5-3-4-10(6-11)8-22;/h3-7,9H,2,8,22H2,1H3,(H,25,26);1H. The fourth-order valence-electron chi connectivity index (χ4n) is 3.01. The van der Waals surface area contributed by atoms with Crippen molar-refractivity contribution in [3.05, 3.63) is 69.5 Å². The maximum absolute atomic E-state index is 15.2. The van der Waals surface area contributed by atoms with E-state index in [9.17, 15) is 14.0 Å². The topological polar surface area (TPSA) is 85.3 Å². The zero-order valence-electron chi connectivity index (χ0n) is 14.3. The number of aryl methyl sites for hydroxylation is 1. The lowest BCUT2D eigenvalue weighted by Crippen LogP contribution is -2.20. The predicted molar refractivity (Wildman–Crippen MR) is 101 cm³/mol. The first-order valence-corrected chi connectivity index (χ1v) is 7.96. The van der Waals surface area contributed by atoms with Crippen molar-refractivity contribution >= 4 is 29.3 Å². The van der Waals surface area contributed by atoms with Gasteiger partial charge in [0, 0.05) is 19.3 Å². The molecule has 0 unspecified atom stereocenters. The summed E-state index contributed by atoms with van der Waals surface area (Å²) in [5.41, 5.74) is 4.72. The first kappa shape index (κ1) is 20.5. The Morgan fingerprint density at radius 1 is 1.26 bits per heavy atom. The van der Waals surface area contributed by atoms with Crippen LogP contribution in [0.15, 0.2) is 41.3 Å². The van der Waals surface area contributed by atoms with Crippen LogP contribution in [-0.2, 0) is 13.1 Å². The number of halogens is 3. The molecule has 0 bridgehead atoms. The molecule has 0 amide bonds. The number of aromatic nitrogens is 1. The number of carbonyl (C=O) groups is 1. The van der Waals surface area contributed by atoms with Crippen molar-refractivity contribution in [1.29, 1.82) is 0 Å². The van der Waals surface area contributed by atoms with Gasteiger partial charge in [0.2, 0.25) is 5.43 Å². The van der Waals surface area contributed by atoms with E-state index < -0.39 is 28.6 Å². The molecule has 0 spiro atoms. The maximum Gasteiger partial charge on any atom is 0.341 e. The number of nitrogens with two attached hydrogens (primary N) is 1. The molecule has 142 valence electrons. The van der Waals surface area contributed by atoms with Crippen LogP contribution in [0, 0.1) is 11.6 Å². The molecular weight excluding hydrogens is 378 g/mol. The van der Waals surface area contributed by atoms with E-state index in [-0.39, 0.29) is 42.0 Å². The van der Waals surface area contributed by atoms with Crippen molar-refractivity contribution < 1.29 is 18.7 Å². The summed E-state index contributed by atoms with van der Waals surface area (Å²) in [6.07, 6.45) is 1.08. The van der Waals surface area contributed by atoms with E-state index in [1.165, 1.54) is 4.57 Å². The van der Waals surface area contributed by atoms with Gasteiger partial charge in [0.1, 0.15) is 11.4 Å². The third-order valence-electron chi connectivity index (χ3n) is 4.28. The Morgan fingerprint density at radius 3 is 2.56 bits per heavy atom. The van der Waals surface area contributed by atoms with Gasteiger partial charge in [0.05, 0.1) is 16.5 Å². The number of nitrogens with zero attached hydrogens (tertiary/aromatic N) is 1. The highest BCUT2D eigenvalue weighted by Crippen LogP contribution is 2.31. The predicted octanol–water partition coefficient (Wildman–Crippen LogP) is 3.55. The van der Waals surface area contributed by atoms with Gasteiger partial charge in [-0.05, 0) is 30.2 Å². The lowest BCUT2D eigenvalue weighted by Gasteiger charge is -2.15. The molecule has 0 atom stereocenters. The zero-order valence-corrected chi connectivity index (χ0v) is 15.1. The molecule has 0 fully saturated rings. The van der Waals surface area contributed by atoms with Crippen LogP contribution in [0.4, 0.5) is 8.78 Å². The number of aromatic carboxylic acids is 1. The summed E-state index contributed by atoms with van der Waals surface area (Å²) in [6, 6.07) is 7.39. The first-order chi connectivity index (χ1) is 12.4. The molecular formula is C19H17ClF2N2O3. The number of hydrogen-bond acceptors (Lipinski definition) is 3. The second kappa shape index (κ2) is 7.85. The van der Waals surface area contributed by atoms with E-state index >= 15 is 4.39 Å². The Bertz CT molecular complexity index is 1100. The number of benzene rings is 2. The minimum Gasteiger partial charge on any atom is -0.477 e. The lowest BCUT2D eigenvalue weighted by molar-refractivity contribution is 0.0695. The van der Waals surface area contributed by atoms with Crippen molar-refractivity contribution in [1.82, 2.24) is 4.57 Å². The van der Waals surface area contributed by atoms with E-state index in [0.717, 1.165) is 12.3 Å². The molecule has 3 rings (SSSR count). The summed E-state index contributed by atoms with van der Waals surface area (Å²) in [4.78, 5) is 23.6. The summed E-state index contributed by atoms with van der Waals surface area (Å²) in [7, 11) is 0. The normalized spacial score (nSPS) is 10.7. The molecule has 0 aliphatic carbocycles. The van der Waals surface area contributed by atoms with Gasteiger partial charge >= 0.3 is 5.97 Å². The van der Waals surface area contributed by atoms with Gasteiger partial charge in [0.15, 0.2) is 5.82 Å². The Morgan fingerprint density at radius 2 is 1.96 bits per heavy atom. The molecule has 5 nitrogen and oxygen atoms in total. The Labute approximate surface area is 159 Å². The molecule has 27 heavy (non-hydrogen) atoms. The van der Waals surface area contributed by atoms with Crippen molar-refractivity contribution in [2.75, 3.05) is 0 Å². The average molecular weight is 395 g/mol. The monoisotopic (exact) mass is 394 g/mol. The smallest absolute Gasteiger partial charge is 0.341 e. The molecule has 2 aromatic carbocycles. The molecule has 3 N–H and O–H groups in total. The first-order valence-electron chi connectivity index (χ1n) is 7.96. The van der Waals surface area contributed by atoms with Crippen molar-refractivity contribution in [3.63, 3.8) is 0 Å². The third kappa shape index (κ3) is 3.43. The molecule has 1 aromatic heterocycles. The molecule has 1 heterocycles. The molecule has 0 aliphatic heterocycles. The van der Waals surface area contributed by atoms with Gasteiger partial charge in [-0.3, -0.25) is 4.79 Å². The van der Waals surface area contributed by atoms with E-state index in [1.807, 2.05) is 0 Å². The fraction of sp³-hybridized carbons (Fsp3) is 0.158. The van der Waals surface area contributed by atoms with Crippen LogP contribution < -0.4 is 11.2 Å². The fourth-order valence-corrected chi connectivity index (χ4v) is 3.01. The summed E-state index contributed by atoms with van der Waals surface area (Å²) in [5.74, 6) is -3.30. The van der Waals surface area contributed by atoms with Crippen LogP contribution in [0.2, 0.25) is 0 Å². The molecule has 0 aliphatic rings. The summed E-state index contributed by atoms with van der Waals surface area (Å²) >= 11 is 0. The highest BCUT2D eigenvalue weighted by molar-refractivity contribution is 5.94. The highest BCUT2D eigenvalue weighted by Gasteiger charge is 2.22. The van der Waals surface area contributed by atoms with Crippen molar-refractivity contribution in [2.45, 2.75) is 20.0 Å². The van der Waals surface area contributed by atoms with Gasteiger partial charge < -0.3 is 15.4 Å². The van der Waals surface area contributed by atoms with Gasteiger partial charge in [0.25, 0.3) is 0 Å². The number of hydrogen-bond donors (Lipinski definition) is 2. The molecule has 8 heteroatoms. The molecule has 3 aromatic rings. The summed E-state index contributed by atoms with van der Waals surface area (Å²) < 4.78 is 31.2. The van der Waals surface area contributed by atoms with E-state index in [1.54, 1.807) is 31.2 Å². The van der Waals surface area contributed by atoms with Crippen LogP contribution in [-0.4, -0.2) is 15.6 Å². The number of pyridine rings is 1. The maximum atomic E-state index is 15.2. The van der Waals surface area contributed by atoms with E-state index in [4.69, 9.17) is 10.8 Å². The van der Waals surface area contributed by atoms with Gasteiger partial charge in [-0.15, -0.1) is 12.4 Å². The minimum absolute atomic E-state index is 0. The van der Waals surface area contributed by atoms with Crippen LogP contribution >= 0.6 is 12.4 Å². The largest absolute Gasteiger partial charge is 0.477 e. The van der Waals surface area contributed by atoms with E-state index in [0.29, 0.717) is 11.1 Å². The number of carboxylic acid groups (broad SMARTS) is 1. The van der Waals surface area contributed by atoms with Crippen LogP contribution in [0.3, 0.4) is 0 Å². The average Bonchev–Trinajstić information content (AvgIpc) is 2.62. The Kier molecular flexibility index (Phi) is 5.98. The van der Waals surface area contributed by atoms with Crippen molar-refractivity contribution in [3.8, 4) is 11.1 Å². The summed E-state index contributed by atoms with van der Waals surface area (Å²) in [5, 5.41) is 8.86. The number of fused-ring (bicyclic) bond motifs is 1. The molecule has 0 saturated carbocycles. The third-order valence-corrected chi connectivity index (χ3v) is 4.28. The summed E-state index contributed by atoms with van der Waals surface area (Å²) in [6.45, 7) is 2.10. The van der Waals surface area contributed by atoms with Crippen LogP contribution in [0.25, 0.3) is 22.0 Å². The Hall–Kier alpha value is -2.77.